The molecule has 1 N–H and O–H groups in total. The van der Waals surface area contributed by atoms with E-state index in [2.05, 4.69) is 4.98 Å². The van der Waals surface area contributed by atoms with E-state index < -0.39 is 6.10 Å². The third-order valence-electron chi connectivity index (χ3n) is 1.16. The van der Waals surface area contributed by atoms with Crippen LogP contribution in [0.1, 0.15) is 52.2 Å². The van der Waals surface area contributed by atoms with E-state index in [1.54, 1.807) is 13.8 Å². The number of nitrogens with zero attached hydrogens (tertiary/aromatic N) is 1. The van der Waals surface area contributed by atoms with Crippen molar-refractivity contribution in [3.05, 3.63) is 17.8 Å². The molecule has 0 aliphatic carbocycles. The minimum absolute atomic E-state index is 0.549. The maximum atomic E-state index is 8.96. The molecule has 0 saturated heterocycles. The van der Waals surface area contributed by atoms with Gasteiger partial charge in [-0.05, 0) is 13.8 Å². The predicted molar refractivity (Wildman–Crippen MR) is 54.6 cm³/mol. The van der Waals surface area contributed by atoms with Gasteiger partial charge in [0.1, 0.15) is 6.10 Å². The third-order valence-corrected chi connectivity index (χ3v) is 1.16. The Morgan fingerprint density at radius 2 is 1.77 bits per heavy atom. The lowest BCUT2D eigenvalue weighted by atomic mass is 10.3. The van der Waals surface area contributed by atoms with Crippen molar-refractivity contribution in [3.63, 3.8) is 0 Å². The van der Waals surface area contributed by atoms with Gasteiger partial charge in [-0.2, -0.15) is 0 Å². The molecule has 13 heavy (non-hydrogen) atoms. The molecule has 1 unspecified atom stereocenters. The second-order valence-corrected chi connectivity index (χ2v) is 1.98. The molecule has 1 rings (SSSR count). The number of aliphatic hydroxyl groups excluding tert-OH is 1. The molecule has 1 aromatic rings. The molecule has 1 aromatic heterocycles. The molecule has 0 aromatic carbocycles. The average Bonchev–Trinajstić information content (AvgIpc) is 2.58. The second kappa shape index (κ2) is 9.26. The van der Waals surface area contributed by atoms with Gasteiger partial charge in [0.2, 0.25) is 0 Å². The second-order valence-electron chi connectivity index (χ2n) is 1.98. The zero-order chi connectivity index (χ0) is 10.9. The summed E-state index contributed by atoms with van der Waals surface area (Å²) in [6, 6.07) is 0. The van der Waals surface area contributed by atoms with Gasteiger partial charge in [-0.15, -0.1) is 0 Å². The molecule has 3 nitrogen and oxygen atoms in total. The highest BCUT2D eigenvalue weighted by atomic mass is 16.4. The van der Waals surface area contributed by atoms with Gasteiger partial charge in [0.15, 0.2) is 12.2 Å². The van der Waals surface area contributed by atoms with Crippen LogP contribution in [-0.4, -0.2) is 10.1 Å². The van der Waals surface area contributed by atoms with Crippen molar-refractivity contribution in [2.24, 2.45) is 0 Å². The summed E-state index contributed by atoms with van der Waals surface area (Å²) in [5.41, 5.74) is 0.755. The van der Waals surface area contributed by atoms with Crippen LogP contribution in [0.5, 0.6) is 0 Å². The van der Waals surface area contributed by atoms with E-state index in [1.165, 1.54) is 6.39 Å². The van der Waals surface area contributed by atoms with Crippen molar-refractivity contribution >= 4 is 0 Å². The zero-order valence-electron chi connectivity index (χ0n) is 9.46. The lowest BCUT2D eigenvalue weighted by Crippen LogP contribution is -1.90. The van der Waals surface area contributed by atoms with Crippen molar-refractivity contribution < 1.29 is 9.52 Å². The smallest absolute Gasteiger partial charge is 0.181 e. The van der Waals surface area contributed by atoms with E-state index in [4.69, 9.17) is 9.52 Å². The van der Waals surface area contributed by atoms with Crippen LogP contribution in [0.2, 0.25) is 0 Å². The topological polar surface area (TPSA) is 46.3 Å². The maximum absolute atomic E-state index is 8.96. The molecule has 0 aliphatic heterocycles. The predicted octanol–water partition coefficient (Wildman–Crippen LogP) is 3.09. The minimum atomic E-state index is -0.549. The fourth-order valence-corrected chi connectivity index (χ4v) is 0.712. The average molecular weight is 187 g/mol. The van der Waals surface area contributed by atoms with Gasteiger partial charge < -0.3 is 9.52 Å². The summed E-state index contributed by atoms with van der Waals surface area (Å²) in [4.78, 5) is 3.81. The normalized spacial score (nSPS) is 10.4. The summed E-state index contributed by atoms with van der Waals surface area (Å²) < 4.78 is 4.86. The van der Waals surface area contributed by atoms with E-state index in [1.807, 2.05) is 27.7 Å². The minimum Gasteiger partial charge on any atom is -0.445 e. The molecule has 0 aliphatic rings. The van der Waals surface area contributed by atoms with Crippen LogP contribution in [0, 0.1) is 6.92 Å². The lowest BCUT2D eigenvalue weighted by Gasteiger charge is -1.96. The van der Waals surface area contributed by atoms with Crippen LogP contribution < -0.4 is 0 Å². The first-order valence-corrected chi connectivity index (χ1v) is 4.80. The lowest BCUT2D eigenvalue weighted by molar-refractivity contribution is 0.168. The first-order valence-electron chi connectivity index (χ1n) is 4.80. The van der Waals surface area contributed by atoms with Crippen LogP contribution in [-0.2, 0) is 0 Å². The first kappa shape index (κ1) is 14.7. The Kier molecular flexibility index (Phi) is 10.5. The van der Waals surface area contributed by atoms with Crippen LogP contribution in [0.3, 0.4) is 0 Å². The molecule has 0 radical (unpaired) electrons. The van der Waals surface area contributed by atoms with Gasteiger partial charge >= 0.3 is 0 Å². The van der Waals surface area contributed by atoms with Crippen molar-refractivity contribution in [2.75, 3.05) is 0 Å². The number of aromatic nitrogens is 1. The summed E-state index contributed by atoms with van der Waals surface area (Å²) in [5, 5.41) is 8.96. The Labute approximate surface area is 80.8 Å². The summed E-state index contributed by atoms with van der Waals surface area (Å²) in [6.07, 6.45) is 0.782. The fourth-order valence-electron chi connectivity index (χ4n) is 0.712. The summed E-state index contributed by atoms with van der Waals surface area (Å²) >= 11 is 0. The van der Waals surface area contributed by atoms with Gasteiger partial charge in [-0.1, -0.05) is 27.7 Å². The highest BCUT2D eigenvalue weighted by Gasteiger charge is 2.07. The Bertz CT molecular complexity index is 195. The van der Waals surface area contributed by atoms with Crippen molar-refractivity contribution in [1.82, 2.24) is 4.98 Å². The molecular formula is C10H21NO2. The van der Waals surface area contributed by atoms with E-state index in [0.717, 1.165) is 5.69 Å². The van der Waals surface area contributed by atoms with Gasteiger partial charge in [0.05, 0.1) is 5.69 Å². The SMILES string of the molecule is CC.CC.Cc1ncoc1C(C)O. The Hall–Kier alpha value is -0.830. The highest BCUT2D eigenvalue weighted by Crippen LogP contribution is 2.14. The number of oxazole rings is 1. The Balaban J connectivity index is 0. The number of aryl methyl sites for hydroxylation is 1. The third kappa shape index (κ3) is 5.42. The van der Waals surface area contributed by atoms with Gasteiger partial charge in [-0.25, -0.2) is 4.98 Å². The van der Waals surface area contributed by atoms with Crippen LogP contribution in [0.25, 0.3) is 0 Å². The van der Waals surface area contributed by atoms with E-state index in [0.29, 0.717) is 5.76 Å². The van der Waals surface area contributed by atoms with E-state index in [9.17, 15) is 0 Å². The number of hydrogen-bond acceptors (Lipinski definition) is 3. The van der Waals surface area contributed by atoms with E-state index >= 15 is 0 Å². The fraction of sp³-hybridized carbons (Fsp3) is 0.700. The van der Waals surface area contributed by atoms with Crippen molar-refractivity contribution in [2.45, 2.75) is 47.6 Å². The van der Waals surface area contributed by atoms with Crippen LogP contribution in [0.15, 0.2) is 10.8 Å². The molecule has 1 atom stereocenters. The van der Waals surface area contributed by atoms with Crippen LogP contribution in [0.4, 0.5) is 0 Å². The molecule has 0 amide bonds. The monoisotopic (exact) mass is 187 g/mol. The van der Waals surface area contributed by atoms with E-state index in [-0.39, 0.29) is 0 Å². The standard InChI is InChI=1S/C6H9NO2.2C2H6/c1-4-6(5(2)8)9-3-7-4;2*1-2/h3,5,8H,1-2H3;2*1-2H3. The largest absolute Gasteiger partial charge is 0.445 e. The molecule has 0 fully saturated rings. The van der Waals surface area contributed by atoms with Crippen LogP contribution >= 0.6 is 0 Å². The molecular weight excluding hydrogens is 166 g/mol. The first-order chi connectivity index (χ1) is 6.22. The van der Waals surface area contributed by atoms with Crippen molar-refractivity contribution in [3.8, 4) is 0 Å². The molecule has 3 heteroatoms. The number of aliphatic hydroxyl groups is 1. The Morgan fingerprint density at radius 1 is 1.31 bits per heavy atom. The number of hydrogen-bond donors (Lipinski definition) is 1. The molecule has 0 spiro atoms. The van der Waals surface area contributed by atoms with Crippen molar-refractivity contribution in [1.29, 1.82) is 0 Å². The molecule has 78 valence electrons. The quantitative estimate of drug-likeness (QED) is 0.734. The Morgan fingerprint density at radius 3 is 1.92 bits per heavy atom. The molecule has 1 heterocycles. The molecule has 0 bridgehead atoms. The summed E-state index contributed by atoms with van der Waals surface area (Å²) in [5.74, 6) is 0.551. The maximum Gasteiger partial charge on any atom is 0.181 e. The summed E-state index contributed by atoms with van der Waals surface area (Å²) in [6.45, 7) is 11.4. The van der Waals surface area contributed by atoms with Gasteiger partial charge in [-0.3, -0.25) is 0 Å². The number of rotatable bonds is 1. The van der Waals surface area contributed by atoms with Gasteiger partial charge in [0.25, 0.3) is 0 Å². The summed E-state index contributed by atoms with van der Waals surface area (Å²) in [7, 11) is 0. The zero-order valence-corrected chi connectivity index (χ0v) is 9.46. The highest BCUT2D eigenvalue weighted by molar-refractivity contribution is 5.06. The molecule has 0 saturated carbocycles. The van der Waals surface area contributed by atoms with Gasteiger partial charge in [0, 0.05) is 0 Å².